The minimum absolute atomic E-state index is 0.0265. The molecule has 1 aromatic heterocycles. The summed E-state index contributed by atoms with van der Waals surface area (Å²) in [6.45, 7) is 5.57. The van der Waals surface area contributed by atoms with Gasteiger partial charge in [0.05, 0.1) is 11.3 Å². The molecule has 1 aromatic carbocycles. The van der Waals surface area contributed by atoms with Crippen LogP contribution in [0.25, 0.3) is 0 Å². The highest BCUT2D eigenvalue weighted by molar-refractivity contribution is 9.10. The van der Waals surface area contributed by atoms with Gasteiger partial charge in [0.25, 0.3) is 5.56 Å². The molecule has 0 fully saturated rings. The van der Waals surface area contributed by atoms with Crippen LogP contribution in [0.2, 0.25) is 0 Å². The maximum atomic E-state index is 12.1. The Morgan fingerprint density at radius 2 is 2.13 bits per heavy atom. The minimum Gasteiger partial charge on any atom is -0.494 e. The van der Waals surface area contributed by atoms with Crippen LogP contribution >= 0.6 is 15.9 Å². The van der Waals surface area contributed by atoms with Crippen LogP contribution in [0.5, 0.6) is 5.88 Å². The standard InChI is InChI=1S/C17H16BrN3O2/c1-4-21-16(22)13(8-19)11(3)14(17(21)23)9-20-15-6-5-12(18)7-10(15)2/h5-7,9,23H,4H2,1-3H3. The second-order valence-electron chi connectivity index (χ2n) is 5.09. The third kappa shape index (κ3) is 3.20. The van der Waals surface area contributed by atoms with E-state index < -0.39 is 5.56 Å². The first-order valence-corrected chi connectivity index (χ1v) is 7.86. The molecule has 0 radical (unpaired) electrons. The van der Waals surface area contributed by atoms with Gasteiger partial charge in [-0.15, -0.1) is 0 Å². The molecule has 0 aliphatic rings. The van der Waals surface area contributed by atoms with Crippen molar-refractivity contribution >= 4 is 27.8 Å². The van der Waals surface area contributed by atoms with E-state index >= 15 is 0 Å². The number of aromatic hydroxyl groups is 1. The van der Waals surface area contributed by atoms with E-state index in [0.29, 0.717) is 11.1 Å². The van der Waals surface area contributed by atoms with Crippen molar-refractivity contribution in [2.24, 2.45) is 4.99 Å². The number of hydrogen-bond acceptors (Lipinski definition) is 4. The van der Waals surface area contributed by atoms with Crippen LogP contribution in [0.1, 0.15) is 29.2 Å². The molecule has 0 unspecified atom stereocenters. The lowest BCUT2D eigenvalue weighted by Gasteiger charge is -2.12. The molecule has 23 heavy (non-hydrogen) atoms. The first-order chi connectivity index (χ1) is 10.9. The van der Waals surface area contributed by atoms with Crippen LogP contribution in [0.3, 0.4) is 0 Å². The van der Waals surface area contributed by atoms with E-state index in [1.165, 1.54) is 10.8 Å². The van der Waals surface area contributed by atoms with Crippen molar-refractivity contribution in [3.05, 3.63) is 55.3 Å². The van der Waals surface area contributed by atoms with Crippen LogP contribution in [0.4, 0.5) is 5.69 Å². The summed E-state index contributed by atoms with van der Waals surface area (Å²) >= 11 is 3.40. The van der Waals surface area contributed by atoms with Gasteiger partial charge in [0.15, 0.2) is 0 Å². The number of nitriles is 1. The first kappa shape index (κ1) is 17.0. The van der Waals surface area contributed by atoms with Crippen LogP contribution < -0.4 is 5.56 Å². The van der Waals surface area contributed by atoms with Crippen LogP contribution in [-0.4, -0.2) is 15.9 Å². The smallest absolute Gasteiger partial charge is 0.271 e. The summed E-state index contributed by atoms with van der Waals surface area (Å²) in [5.74, 6) is -0.174. The minimum atomic E-state index is -0.484. The first-order valence-electron chi connectivity index (χ1n) is 7.07. The number of pyridine rings is 1. The number of nitrogens with zero attached hydrogens (tertiary/aromatic N) is 3. The van der Waals surface area contributed by atoms with Crippen LogP contribution in [0, 0.1) is 25.2 Å². The Morgan fingerprint density at radius 1 is 1.43 bits per heavy atom. The van der Waals surface area contributed by atoms with Gasteiger partial charge in [0.1, 0.15) is 11.6 Å². The third-order valence-electron chi connectivity index (χ3n) is 3.65. The maximum Gasteiger partial charge on any atom is 0.271 e. The zero-order valence-electron chi connectivity index (χ0n) is 13.1. The molecule has 0 spiro atoms. The van der Waals surface area contributed by atoms with Gasteiger partial charge in [-0.05, 0) is 50.1 Å². The molecule has 1 N–H and O–H groups in total. The number of hydrogen-bond donors (Lipinski definition) is 1. The molecule has 0 bridgehead atoms. The molecule has 0 saturated heterocycles. The Kier molecular flexibility index (Phi) is 5.02. The molecule has 1 heterocycles. The van der Waals surface area contributed by atoms with E-state index in [9.17, 15) is 15.2 Å². The van der Waals surface area contributed by atoms with Gasteiger partial charge < -0.3 is 5.11 Å². The Labute approximate surface area is 142 Å². The fourth-order valence-electron chi connectivity index (χ4n) is 2.32. The SMILES string of the molecule is CCn1c(O)c(C=Nc2ccc(Br)cc2C)c(C)c(C#N)c1=O. The predicted octanol–water partition coefficient (Wildman–Crippen LogP) is 3.58. The summed E-state index contributed by atoms with van der Waals surface area (Å²) in [7, 11) is 0. The number of aliphatic imine (C=N–C) groups is 1. The number of aryl methyl sites for hydroxylation is 1. The summed E-state index contributed by atoms with van der Waals surface area (Å²) in [5, 5.41) is 19.5. The highest BCUT2D eigenvalue weighted by atomic mass is 79.9. The van der Waals surface area contributed by atoms with E-state index in [4.69, 9.17) is 0 Å². The molecule has 0 atom stereocenters. The van der Waals surface area contributed by atoms with Crippen molar-refractivity contribution in [3.63, 3.8) is 0 Å². The van der Waals surface area contributed by atoms with E-state index in [2.05, 4.69) is 20.9 Å². The molecule has 0 saturated carbocycles. The fourth-order valence-corrected chi connectivity index (χ4v) is 2.79. The van der Waals surface area contributed by atoms with Gasteiger partial charge >= 0.3 is 0 Å². The zero-order valence-corrected chi connectivity index (χ0v) is 14.7. The van der Waals surface area contributed by atoms with E-state index in [1.807, 2.05) is 31.2 Å². The van der Waals surface area contributed by atoms with Crippen molar-refractivity contribution in [2.45, 2.75) is 27.3 Å². The van der Waals surface area contributed by atoms with Gasteiger partial charge in [0, 0.05) is 17.2 Å². The monoisotopic (exact) mass is 373 g/mol. The lowest BCUT2D eigenvalue weighted by Crippen LogP contribution is -2.24. The van der Waals surface area contributed by atoms with Crippen molar-refractivity contribution in [3.8, 4) is 11.9 Å². The maximum absolute atomic E-state index is 12.1. The molecule has 5 nitrogen and oxygen atoms in total. The van der Waals surface area contributed by atoms with Gasteiger partial charge in [0.2, 0.25) is 5.88 Å². The van der Waals surface area contributed by atoms with Gasteiger partial charge in [-0.2, -0.15) is 5.26 Å². The van der Waals surface area contributed by atoms with Crippen LogP contribution in [0.15, 0.2) is 32.5 Å². The summed E-state index contributed by atoms with van der Waals surface area (Å²) in [5.41, 5.74) is 2.07. The highest BCUT2D eigenvalue weighted by Gasteiger charge is 2.16. The van der Waals surface area contributed by atoms with Crippen LogP contribution in [-0.2, 0) is 6.54 Å². The summed E-state index contributed by atoms with van der Waals surface area (Å²) in [6, 6.07) is 7.57. The molecule has 2 rings (SSSR count). The molecule has 6 heteroatoms. The average Bonchev–Trinajstić information content (AvgIpc) is 2.50. The van der Waals surface area contributed by atoms with Gasteiger partial charge in [-0.25, -0.2) is 0 Å². The Hall–Kier alpha value is -2.39. The van der Waals surface area contributed by atoms with Crippen molar-refractivity contribution < 1.29 is 5.11 Å². The lowest BCUT2D eigenvalue weighted by atomic mass is 10.1. The summed E-state index contributed by atoms with van der Waals surface area (Å²) in [4.78, 5) is 16.5. The topological polar surface area (TPSA) is 78.4 Å². The zero-order chi connectivity index (χ0) is 17.1. The Morgan fingerprint density at radius 3 is 2.70 bits per heavy atom. The van der Waals surface area contributed by atoms with E-state index in [-0.39, 0.29) is 18.0 Å². The molecule has 2 aromatic rings. The molecular formula is C17H16BrN3O2. The van der Waals surface area contributed by atoms with Gasteiger partial charge in [-0.1, -0.05) is 15.9 Å². The number of aromatic nitrogens is 1. The quantitative estimate of drug-likeness (QED) is 0.835. The fraction of sp³-hybridized carbons (Fsp3) is 0.235. The molecule has 118 valence electrons. The second-order valence-corrected chi connectivity index (χ2v) is 6.00. The molecule has 0 amide bonds. The average molecular weight is 374 g/mol. The normalized spacial score (nSPS) is 10.9. The number of halogens is 1. The van der Waals surface area contributed by atoms with Crippen molar-refractivity contribution in [2.75, 3.05) is 0 Å². The molecule has 0 aliphatic carbocycles. The van der Waals surface area contributed by atoms with Gasteiger partial charge in [-0.3, -0.25) is 14.4 Å². The number of benzene rings is 1. The Balaban J connectivity index is 2.62. The Bertz CT molecular complexity index is 892. The largest absolute Gasteiger partial charge is 0.494 e. The number of rotatable bonds is 3. The van der Waals surface area contributed by atoms with E-state index in [0.717, 1.165) is 15.7 Å². The summed E-state index contributed by atoms with van der Waals surface area (Å²) < 4.78 is 2.13. The summed E-state index contributed by atoms with van der Waals surface area (Å²) in [6.07, 6.45) is 1.49. The third-order valence-corrected chi connectivity index (χ3v) is 4.15. The van der Waals surface area contributed by atoms with Crippen molar-refractivity contribution in [1.29, 1.82) is 5.26 Å². The molecule has 0 aliphatic heterocycles. The lowest BCUT2D eigenvalue weighted by molar-refractivity contribution is 0.409. The van der Waals surface area contributed by atoms with E-state index in [1.54, 1.807) is 13.8 Å². The molecular weight excluding hydrogens is 358 g/mol. The second kappa shape index (κ2) is 6.80. The van der Waals surface area contributed by atoms with Crippen molar-refractivity contribution in [1.82, 2.24) is 4.57 Å². The predicted molar refractivity (Wildman–Crippen MR) is 93.6 cm³/mol. The highest BCUT2D eigenvalue weighted by Crippen LogP contribution is 2.24.